The zero-order chi connectivity index (χ0) is 17.4. The van der Waals surface area contributed by atoms with E-state index in [4.69, 9.17) is 4.74 Å². The number of piperidine rings is 3. The van der Waals surface area contributed by atoms with Crippen LogP contribution in [0.15, 0.2) is 30.5 Å². The third kappa shape index (κ3) is 3.14. The van der Waals surface area contributed by atoms with Crippen molar-refractivity contribution in [2.24, 2.45) is 11.8 Å². The molecule has 0 amide bonds. The van der Waals surface area contributed by atoms with Gasteiger partial charge < -0.3 is 9.84 Å². The Balaban J connectivity index is 1.63. The van der Waals surface area contributed by atoms with Gasteiger partial charge in [-0.15, -0.1) is 0 Å². The first-order valence-corrected chi connectivity index (χ1v) is 9.80. The minimum absolute atomic E-state index is 0.201. The molecule has 0 aliphatic carbocycles. The van der Waals surface area contributed by atoms with Gasteiger partial charge in [-0.25, -0.2) is 0 Å². The molecular formula is C20H26N2O2S. The van der Waals surface area contributed by atoms with Crippen LogP contribution in [0.25, 0.3) is 10.9 Å². The lowest BCUT2D eigenvalue weighted by atomic mass is 9.72. The molecule has 5 rings (SSSR count). The van der Waals surface area contributed by atoms with E-state index in [1.165, 1.54) is 12.8 Å². The van der Waals surface area contributed by atoms with Crippen molar-refractivity contribution < 1.29 is 9.84 Å². The van der Waals surface area contributed by atoms with Gasteiger partial charge in [-0.05, 0) is 73.2 Å². The molecule has 25 heavy (non-hydrogen) atoms. The molecule has 2 aromatic rings. The average molecular weight is 359 g/mol. The maximum atomic E-state index is 11.2. The lowest BCUT2D eigenvalue weighted by molar-refractivity contribution is -0.0559. The van der Waals surface area contributed by atoms with E-state index in [-0.39, 0.29) is 6.04 Å². The van der Waals surface area contributed by atoms with Crippen LogP contribution in [0, 0.1) is 11.8 Å². The van der Waals surface area contributed by atoms with Crippen molar-refractivity contribution in [2.45, 2.75) is 31.4 Å². The molecule has 0 spiro atoms. The molecule has 5 heteroatoms. The van der Waals surface area contributed by atoms with Crippen LogP contribution in [0.1, 0.15) is 30.9 Å². The molecule has 3 saturated heterocycles. The number of hydrogen-bond donors (Lipinski definition) is 2. The molecule has 0 saturated carbocycles. The van der Waals surface area contributed by atoms with Crippen LogP contribution in [0.4, 0.5) is 0 Å². The number of nitrogens with zero attached hydrogens (tertiary/aromatic N) is 2. The van der Waals surface area contributed by atoms with Gasteiger partial charge in [0, 0.05) is 24.2 Å². The molecule has 5 atom stereocenters. The fraction of sp³-hybridized carbons (Fsp3) is 0.550. The molecule has 134 valence electrons. The van der Waals surface area contributed by atoms with Gasteiger partial charge in [0.2, 0.25) is 0 Å². The summed E-state index contributed by atoms with van der Waals surface area (Å²) in [4.78, 5) is 6.93. The number of ether oxygens (including phenoxy) is 1. The van der Waals surface area contributed by atoms with Gasteiger partial charge in [0.15, 0.2) is 0 Å². The summed E-state index contributed by atoms with van der Waals surface area (Å²) >= 11 is 4.42. The summed E-state index contributed by atoms with van der Waals surface area (Å²) in [5.41, 5.74) is 1.87. The molecule has 4 heterocycles. The number of aromatic nitrogens is 1. The van der Waals surface area contributed by atoms with E-state index in [1.54, 1.807) is 13.3 Å². The van der Waals surface area contributed by atoms with Crippen molar-refractivity contribution in [3.63, 3.8) is 0 Å². The predicted octanol–water partition coefficient (Wildman–Crippen LogP) is 3.31. The van der Waals surface area contributed by atoms with Gasteiger partial charge in [-0.3, -0.25) is 9.88 Å². The van der Waals surface area contributed by atoms with Gasteiger partial charge in [0.05, 0.1) is 18.7 Å². The predicted molar refractivity (Wildman–Crippen MR) is 103 cm³/mol. The largest absolute Gasteiger partial charge is 0.497 e. The standard InChI is InChI=1S/C20H26N2O2S/c1-24-15-2-3-18-17(11-15)16(4-7-21-18)20(23)19-10-13-5-8-22(19)12-14(13)6-9-25/h2-4,7,11,13-14,19-20,23,25H,5-6,8-10,12H2,1H3/t13?,14?,19?,20-/m1/s1. The number of pyridine rings is 1. The topological polar surface area (TPSA) is 45.6 Å². The second-order valence-corrected chi connectivity index (χ2v) is 7.79. The van der Waals surface area contributed by atoms with Crippen LogP contribution >= 0.6 is 12.6 Å². The van der Waals surface area contributed by atoms with Crippen LogP contribution in [0.3, 0.4) is 0 Å². The van der Waals surface area contributed by atoms with Crippen molar-refractivity contribution in [2.75, 3.05) is 26.0 Å². The monoisotopic (exact) mass is 358 g/mol. The normalized spacial score (nSPS) is 29.7. The highest BCUT2D eigenvalue weighted by molar-refractivity contribution is 7.80. The highest BCUT2D eigenvalue weighted by Crippen LogP contribution is 2.43. The number of fused-ring (bicyclic) bond motifs is 4. The molecule has 3 fully saturated rings. The lowest BCUT2D eigenvalue weighted by Crippen LogP contribution is -2.55. The third-order valence-electron chi connectivity index (χ3n) is 6.10. The Kier molecular flexibility index (Phi) is 4.89. The van der Waals surface area contributed by atoms with Gasteiger partial charge in [-0.1, -0.05) is 0 Å². The Morgan fingerprint density at radius 1 is 1.40 bits per heavy atom. The zero-order valence-corrected chi connectivity index (χ0v) is 15.5. The molecule has 3 aliphatic heterocycles. The summed E-state index contributed by atoms with van der Waals surface area (Å²) in [6.45, 7) is 2.20. The first kappa shape index (κ1) is 17.1. The average Bonchev–Trinajstić information content (AvgIpc) is 2.67. The Labute approximate surface area is 154 Å². The smallest absolute Gasteiger partial charge is 0.119 e. The van der Waals surface area contributed by atoms with E-state index < -0.39 is 6.10 Å². The molecule has 1 aromatic heterocycles. The SMILES string of the molecule is COc1ccc2nccc([C@@H](O)C3CC4CCN3CC4CCS)c2c1. The first-order chi connectivity index (χ1) is 12.2. The maximum Gasteiger partial charge on any atom is 0.119 e. The van der Waals surface area contributed by atoms with Gasteiger partial charge in [0.1, 0.15) is 5.75 Å². The number of methoxy groups -OCH3 is 1. The number of aliphatic hydroxyl groups excluding tert-OH is 1. The second-order valence-electron chi connectivity index (χ2n) is 7.35. The van der Waals surface area contributed by atoms with Gasteiger partial charge in [0.25, 0.3) is 0 Å². The van der Waals surface area contributed by atoms with E-state index in [1.807, 2.05) is 24.3 Å². The summed E-state index contributed by atoms with van der Waals surface area (Å²) in [6.07, 6.45) is 4.83. The van der Waals surface area contributed by atoms with Gasteiger partial charge in [-0.2, -0.15) is 12.6 Å². The summed E-state index contributed by atoms with van der Waals surface area (Å²) < 4.78 is 5.37. The molecule has 1 N–H and O–H groups in total. The number of aliphatic hydroxyl groups is 1. The van der Waals surface area contributed by atoms with Crippen LogP contribution in [0.5, 0.6) is 5.75 Å². The van der Waals surface area contributed by atoms with Crippen molar-refractivity contribution in [3.8, 4) is 5.75 Å². The van der Waals surface area contributed by atoms with E-state index in [0.29, 0.717) is 0 Å². The van der Waals surface area contributed by atoms with Crippen molar-refractivity contribution in [1.82, 2.24) is 9.88 Å². The van der Waals surface area contributed by atoms with Gasteiger partial charge >= 0.3 is 0 Å². The Morgan fingerprint density at radius 2 is 2.28 bits per heavy atom. The summed E-state index contributed by atoms with van der Waals surface area (Å²) in [5.74, 6) is 3.22. The number of hydrogen-bond acceptors (Lipinski definition) is 5. The van der Waals surface area contributed by atoms with Crippen LogP contribution < -0.4 is 4.74 Å². The third-order valence-corrected chi connectivity index (χ3v) is 6.36. The molecule has 4 nitrogen and oxygen atoms in total. The molecule has 0 radical (unpaired) electrons. The Bertz CT molecular complexity index is 754. The van der Waals surface area contributed by atoms with Crippen molar-refractivity contribution in [3.05, 3.63) is 36.0 Å². The minimum Gasteiger partial charge on any atom is -0.497 e. The first-order valence-electron chi connectivity index (χ1n) is 9.17. The Hall–Kier alpha value is -1.30. The summed E-state index contributed by atoms with van der Waals surface area (Å²) in [5, 5.41) is 12.2. The zero-order valence-electron chi connectivity index (χ0n) is 14.6. The molecule has 1 aromatic carbocycles. The summed E-state index contributed by atoms with van der Waals surface area (Å²) in [6, 6.07) is 8.02. The summed E-state index contributed by atoms with van der Waals surface area (Å²) in [7, 11) is 1.67. The van der Waals surface area contributed by atoms with Crippen molar-refractivity contribution >= 4 is 23.5 Å². The molecule has 4 unspecified atom stereocenters. The van der Waals surface area contributed by atoms with Crippen LogP contribution in [-0.4, -0.2) is 47.0 Å². The quantitative estimate of drug-likeness (QED) is 0.805. The number of rotatable bonds is 5. The Morgan fingerprint density at radius 3 is 3.00 bits per heavy atom. The van der Waals surface area contributed by atoms with E-state index in [9.17, 15) is 5.11 Å². The van der Waals surface area contributed by atoms with Crippen LogP contribution in [0.2, 0.25) is 0 Å². The number of benzene rings is 1. The highest BCUT2D eigenvalue weighted by Gasteiger charge is 2.42. The molecule has 3 aliphatic rings. The van der Waals surface area contributed by atoms with E-state index >= 15 is 0 Å². The maximum absolute atomic E-state index is 11.2. The lowest BCUT2D eigenvalue weighted by Gasteiger charge is -2.51. The van der Waals surface area contributed by atoms with E-state index in [2.05, 4.69) is 22.5 Å². The van der Waals surface area contributed by atoms with Crippen LogP contribution in [-0.2, 0) is 0 Å². The second kappa shape index (κ2) is 7.14. The fourth-order valence-corrected chi connectivity index (χ4v) is 5.07. The molecular weight excluding hydrogens is 332 g/mol. The molecule has 2 bridgehead atoms. The fourth-order valence-electron chi connectivity index (χ4n) is 4.74. The highest BCUT2D eigenvalue weighted by atomic mass is 32.1. The number of thiol groups is 1. The minimum atomic E-state index is -0.489. The van der Waals surface area contributed by atoms with Crippen molar-refractivity contribution in [1.29, 1.82) is 0 Å². The van der Waals surface area contributed by atoms with E-state index in [0.717, 1.165) is 59.3 Å².